The average Bonchev–Trinajstić information content (AvgIpc) is 2.45. The largest absolute Gasteiger partial charge is 0.493 e. The van der Waals surface area contributed by atoms with E-state index >= 15 is 0 Å². The molecule has 0 saturated carbocycles. The highest BCUT2D eigenvalue weighted by atomic mass is 35.5. The summed E-state index contributed by atoms with van der Waals surface area (Å²) in [4.78, 5) is 22.6. The number of hydrogen-bond acceptors (Lipinski definition) is 4. The first kappa shape index (κ1) is 17.0. The third-order valence-electron chi connectivity index (χ3n) is 2.54. The average molecular weight is 320 g/mol. The number of amides is 1. The molecule has 1 rings (SSSR count). The molecule has 1 unspecified atom stereocenters. The van der Waals surface area contributed by atoms with E-state index in [-0.39, 0.29) is 22.1 Å². The van der Waals surface area contributed by atoms with Gasteiger partial charge in [0.15, 0.2) is 17.5 Å². The number of nitrogens with one attached hydrogen (secondary N) is 1. The summed E-state index contributed by atoms with van der Waals surface area (Å²) in [5.74, 6) is -1.74. The van der Waals surface area contributed by atoms with Crippen LogP contribution in [0.1, 0.15) is 17.3 Å². The number of methoxy groups -OCH3 is 1. The van der Waals surface area contributed by atoms with Crippen LogP contribution < -0.4 is 14.8 Å². The van der Waals surface area contributed by atoms with E-state index in [1.165, 1.54) is 19.2 Å². The van der Waals surface area contributed by atoms with Gasteiger partial charge in [-0.15, -0.1) is 0 Å². The van der Waals surface area contributed by atoms with E-state index in [2.05, 4.69) is 0 Å². The molecule has 0 bridgehead atoms. The van der Waals surface area contributed by atoms with Crippen LogP contribution in [0.5, 0.6) is 11.5 Å². The van der Waals surface area contributed by atoms with Gasteiger partial charge in [0.1, 0.15) is 6.67 Å². The number of carbonyl (C=O) groups excluding carboxylic acids is 1. The first-order valence-corrected chi connectivity index (χ1v) is 6.42. The molecular weight excluding hydrogens is 305 g/mol. The molecular formula is C13H15ClFNO5. The Morgan fingerprint density at radius 1 is 1.48 bits per heavy atom. The topological polar surface area (TPSA) is 84.9 Å². The van der Waals surface area contributed by atoms with Crippen LogP contribution in [0.4, 0.5) is 4.39 Å². The van der Waals surface area contributed by atoms with Gasteiger partial charge in [0.2, 0.25) is 0 Å². The van der Waals surface area contributed by atoms with E-state index in [1.807, 2.05) is 5.32 Å². The van der Waals surface area contributed by atoms with Crippen LogP contribution in [-0.4, -0.2) is 43.4 Å². The molecule has 1 aromatic rings. The van der Waals surface area contributed by atoms with Crippen molar-refractivity contribution in [2.24, 2.45) is 0 Å². The van der Waals surface area contributed by atoms with Crippen LogP contribution in [0.25, 0.3) is 0 Å². The number of ether oxygens (including phenoxy) is 2. The van der Waals surface area contributed by atoms with Crippen LogP contribution in [0.2, 0.25) is 5.02 Å². The zero-order chi connectivity index (χ0) is 16.0. The summed E-state index contributed by atoms with van der Waals surface area (Å²) in [5.41, 5.74) is 0.0417. The number of halogens is 2. The minimum atomic E-state index is -1.62. The van der Waals surface area contributed by atoms with Crippen molar-refractivity contribution in [3.05, 3.63) is 22.7 Å². The van der Waals surface area contributed by atoms with E-state index in [0.29, 0.717) is 6.61 Å². The fraction of sp³-hybridized carbons (Fsp3) is 0.385. The lowest BCUT2D eigenvalue weighted by Gasteiger charge is -2.14. The maximum absolute atomic E-state index is 12.5. The van der Waals surface area contributed by atoms with Gasteiger partial charge in [-0.2, -0.15) is 0 Å². The fourth-order valence-corrected chi connectivity index (χ4v) is 1.81. The Labute approximate surface area is 125 Å². The van der Waals surface area contributed by atoms with E-state index in [4.69, 9.17) is 26.2 Å². The summed E-state index contributed by atoms with van der Waals surface area (Å²) in [6, 6.07) is 1.01. The molecule has 0 saturated heterocycles. The highest BCUT2D eigenvalue weighted by Crippen LogP contribution is 2.36. The van der Waals surface area contributed by atoms with E-state index in [0.717, 1.165) is 0 Å². The van der Waals surface area contributed by atoms with Crippen molar-refractivity contribution in [2.45, 2.75) is 13.0 Å². The smallest absolute Gasteiger partial charge is 0.328 e. The van der Waals surface area contributed by atoms with Gasteiger partial charge in [0.25, 0.3) is 5.91 Å². The summed E-state index contributed by atoms with van der Waals surface area (Å²) in [6.45, 7) is 0.891. The number of hydrogen-bond donors (Lipinski definition) is 2. The van der Waals surface area contributed by atoms with Gasteiger partial charge in [0.05, 0.1) is 18.7 Å². The van der Waals surface area contributed by atoms with Crippen molar-refractivity contribution in [3.63, 3.8) is 0 Å². The highest BCUT2D eigenvalue weighted by molar-refractivity contribution is 6.32. The molecule has 1 aromatic carbocycles. The Balaban J connectivity index is 3.05. The van der Waals surface area contributed by atoms with Crippen molar-refractivity contribution < 1.29 is 28.6 Å². The summed E-state index contributed by atoms with van der Waals surface area (Å²) >= 11 is 5.99. The number of aliphatic carboxylic acids is 1. The van der Waals surface area contributed by atoms with Crippen molar-refractivity contribution in [2.75, 3.05) is 20.4 Å². The molecule has 0 spiro atoms. The monoisotopic (exact) mass is 319 g/mol. The van der Waals surface area contributed by atoms with Gasteiger partial charge in [-0.1, -0.05) is 11.6 Å². The second kappa shape index (κ2) is 7.68. The van der Waals surface area contributed by atoms with Gasteiger partial charge >= 0.3 is 5.97 Å². The first-order chi connectivity index (χ1) is 9.94. The Kier molecular flexibility index (Phi) is 6.23. The lowest BCUT2D eigenvalue weighted by atomic mass is 10.1. The number of carbonyl (C=O) groups is 2. The van der Waals surface area contributed by atoms with Gasteiger partial charge in [-0.3, -0.25) is 4.79 Å². The molecule has 0 aliphatic heterocycles. The fourth-order valence-electron chi connectivity index (χ4n) is 1.54. The number of benzene rings is 1. The molecule has 1 amide bonds. The number of carboxylic acid groups (broad SMARTS) is 1. The third kappa shape index (κ3) is 4.22. The molecule has 0 aliphatic carbocycles. The van der Waals surface area contributed by atoms with Crippen LogP contribution >= 0.6 is 11.6 Å². The normalized spacial score (nSPS) is 11.6. The second-order valence-corrected chi connectivity index (χ2v) is 4.35. The zero-order valence-electron chi connectivity index (χ0n) is 11.5. The van der Waals surface area contributed by atoms with Crippen LogP contribution in [0.3, 0.4) is 0 Å². The van der Waals surface area contributed by atoms with Crippen LogP contribution in [0, 0.1) is 0 Å². The molecule has 1 atom stereocenters. The number of alkyl halides is 1. The maximum atomic E-state index is 12.5. The number of rotatable bonds is 7. The Bertz CT molecular complexity index is 538. The molecule has 0 aromatic heterocycles. The van der Waals surface area contributed by atoms with Crippen molar-refractivity contribution in [3.8, 4) is 11.5 Å². The van der Waals surface area contributed by atoms with E-state index < -0.39 is 24.6 Å². The minimum Gasteiger partial charge on any atom is -0.493 e. The maximum Gasteiger partial charge on any atom is 0.328 e. The van der Waals surface area contributed by atoms with Crippen molar-refractivity contribution in [1.29, 1.82) is 0 Å². The van der Waals surface area contributed by atoms with Gasteiger partial charge in [0, 0.05) is 5.56 Å². The highest BCUT2D eigenvalue weighted by Gasteiger charge is 2.22. The Morgan fingerprint density at radius 3 is 2.62 bits per heavy atom. The minimum absolute atomic E-state index is 0.0417. The summed E-state index contributed by atoms with van der Waals surface area (Å²) in [6.07, 6.45) is 0. The van der Waals surface area contributed by atoms with Gasteiger partial charge < -0.3 is 19.9 Å². The van der Waals surface area contributed by atoms with Crippen molar-refractivity contribution in [1.82, 2.24) is 5.32 Å². The molecule has 116 valence electrons. The molecule has 0 fully saturated rings. The van der Waals surface area contributed by atoms with E-state index in [1.54, 1.807) is 6.92 Å². The molecule has 0 radical (unpaired) electrons. The predicted molar refractivity (Wildman–Crippen MR) is 74.0 cm³/mol. The van der Waals surface area contributed by atoms with Crippen LogP contribution in [0.15, 0.2) is 12.1 Å². The molecule has 21 heavy (non-hydrogen) atoms. The summed E-state index contributed by atoms with van der Waals surface area (Å²) in [7, 11) is 1.37. The lowest BCUT2D eigenvalue weighted by molar-refractivity contribution is -0.139. The molecule has 6 nitrogen and oxygen atoms in total. The predicted octanol–water partition coefficient (Wildman–Crippen LogP) is 1.90. The molecule has 0 aliphatic rings. The van der Waals surface area contributed by atoms with Gasteiger partial charge in [-0.05, 0) is 19.1 Å². The molecule has 0 heterocycles. The molecule has 8 heteroatoms. The SMILES string of the molecule is CCOc1c(Cl)cc(C(=O)NC(CF)C(=O)O)cc1OC. The van der Waals surface area contributed by atoms with Crippen molar-refractivity contribution >= 4 is 23.5 Å². The molecule has 2 N–H and O–H groups in total. The zero-order valence-corrected chi connectivity index (χ0v) is 12.2. The standard InChI is InChI=1S/C13H15ClFNO5/c1-3-21-11-8(14)4-7(5-10(11)20-2)12(17)16-9(6-15)13(18)19/h4-5,9H,3,6H2,1-2H3,(H,16,17)(H,18,19). The second-order valence-electron chi connectivity index (χ2n) is 3.94. The number of carboxylic acids is 1. The Morgan fingerprint density at radius 2 is 2.14 bits per heavy atom. The quantitative estimate of drug-likeness (QED) is 0.802. The van der Waals surface area contributed by atoms with E-state index in [9.17, 15) is 14.0 Å². The summed E-state index contributed by atoms with van der Waals surface area (Å²) in [5, 5.41) is 10.9. The van der Waals surface area contributed by atoms with Gasteiger partial charge in [-0.25, -0.2) is 9.18 Å². The first-order valence-electron chi connectivity index (χ1n) is 6.04. The summed E-state index contributed by atoms with van der Waals surface area (Å²) < 4.78 is 22.9. The lowest BCUT2D eigenvalue weighted by Crippen LogP contribution is -2.42. The third-order valence-corrected chi connectivity index (χ3v) is 2.82. The Hall–Kier alpha value is -2.02. The van der Waals surface area contributed by atoms with Crippen LogP contribution in [-0.2, 0) is 4.79 Å².